The van der Waals surface area contributed by atoms with Crippen molar-refractivity contribution in [1.82, 2.24) is 4.98 Å². The first-order chi connectivity index (χ1) is 6.54. The Morgan fingerprint density at radius 1 is 1.21 bits per heavy atom. The molecule has 74 valence electrons. The summed E-state index contributed by atoms with van der Waals surface area (Å²) >= 11 is 0. The standard InChI is InChI=1S/C10H13NO2Si/c1-14(2,3)13-10-11-8-6-4-5-7-9(8)12-10/h4-7H,1-3H3. The van der Waals surface area contributed by atoms with Crippen molar-refractivity contribution in [2.45, 2.75) is 19.6 Å². The van der Waals surface area contributed by atoms with Gasteiger partial charge in [0.2, 0.25) is 8.32 Å². The predicted molar refractivity (Wildman–Crippen MR) is 58.0 cm³/mol. The fourth-order valence-corrected chi connectivity index (χ4v) is 1.77. The summed E-state index contributed by atoms with van der Waals surface area (Å²) in [5.74, 6) is 0. The van der Waals surface area contributed by atoms with Gasteiger partial charge in [0.05, 0.1) is 0 Å². The van der Waals surface area contributed by atoms with E-state index < -0.39 is 8.32 Å². The highest BCUT2D eigenvalue weighted by Gasteiger charge is 2.19. The first-order valence-corrected chi connectivity index (χ1v) is 8.00. The van der Waals surface area contributed by atoms with Gasteiger partial charge < -0.3 is 8.84 Å². The molecule has 14 heavy (non-hydrogen) atoms. The van der Waals surface area contributed by atoms with Crippen molar-refractivity contribution in [3.8, 4) is 6.08 Å². The Labute approximate surface area is 83.8 Å². The van der Waals surface area contributed by atoms with Gasteiger partial charge in [-0.15, -0.1) is 0 Å². The molecular formula is C10H13NO2Si. The molecule has 0 saturated heterocycles. The monoisotopic (exact) mass is 207 g/mol. The van der Waals surface area contributed by atoms with Crippen LogP contribution in [0.3, 0.4) is 0 Å². The Morgan fingerprint density at radius 2 is 1.93 bits per heavy atom. The molecule has 2 aromatic rings. The summed E-state index contributed by atoms with van der Waals surface area (Å²) in [6.07, 6.45) is 0.394. The van der Waals surface area contributed by atoms with Crippen molar-refractivity contribution in [2.24, 2.45) is 0 Å². The molecular weight excluding hydrogens is 194 g/mol. The van der Waals surface area contributed by atoms with Crippen LogP contribution in [0.2, 0.25) is 19.6 Å². The molecule has 0 bridgehead atoms. The summed E-state index contributed by atoms with van der Waals surface area (Å²) in [6.45, 7) is 6.30. The average Bonchev–Trinajstić information content (AvgIpc) is 2.42. The number of hydrogen-bond acceptors (Lipinski definition) is 3. The molecule has 0 fully saturated rings. The summed E-state index contributed by atoms with van der Waals surface area (Å²) in [6, 6.07) is 7.66. The van der Waals surface area contributed by atoms with Crippen molar-refractivity contribution in [3.05, 3.63) is 24.3 Å². The molecule has 1 aromatic carbocycles. The van der Waals surface area contributed by atoms with E-state index in [0.29, 0.717) is 6.08 Å². The van der Waals surface area contributed by atoms with E-state index in [4.69, 9.17) is 8.84 Å². The minimum atomic E-state index is -1.62. The number of benzene rings is 1. The average molecular weight is 207 g/mol. The molecule has 0 aliphatic heterocycles. The minimum absolute atomic E-state index is 0.394. The van der Waals surface area contributed by atoms with E-state index in [2.05, 4.69) is 24.6 Å². The highest BCUT2D eigenvalue weighted by molar-refractivity contribution is 6.70. The third kappa shape index (κ3) is 1.96. The van der Waals surface area contributed by atoms with E-state index >= 15 is 0 Å². The minimum Gasteiger partial charge on any atom is -0.505 e. The Kier molecular flexibility index (Phi) is 2.07. The second-order valence-corrected chi connectivity index (χ2v) is 8.59. The lowest BCUT2D eigenvalue weighted by molar-refractivity contribution is 0.385. The lowest BCUT2D eigenvalue weighted by atomic mass is 10.3. The van der Waals surface area contributed by atoms with Crippen LogP contribution >= 0.6 is 0 Å². The Bertz CT molecular complexity index is 412. The molecule has 0 saturated carbocycles. The van der Waals surface area contributed by atoms with E-state index in [1.54, 1.807) is 0 Å². The third-order valence-electron chi connectivity index (χ3n) is 1.67. The second kappa shape index (κ2) is 3.13. The van der Waals surface area contributed by atoms with Crippen LogP contribution in [-0.4, -0.2) is 13.3 Å². The zero-order valence-corrected chi connectivity index (χ0v) is 9.57. The van der Waals surface area contributed by atoms with Crippen molar-refractivity contribution >= 4 is 19.4 Å². The van der Waals surface area contributed by atoms with Gasteiger partial charge in [-0.3, -0.25) is 0 Å². The summed E-state index contributed by atoms with van der Waals surface area (Å²) < 4.78 is 11.1. The van der Waals surface area contributed by atoms with Crippen molar-refractivity contribution in [3.63, 3.8) is 0 Å². The summed E-state index contributed by atoms with van der Waals surface area (Å²) in [5.41, 5.74) is 1.63. The fourth-order valence-electron chi connectivity index (χ4n) is 1.16. The maximum atomic E-state index is 5.65. The second-order valence-electron chi connectivity index (χ2n) is 4.16. The van der Waals surface area contributed by atoms with Gasteiger partial charge in [0, 0.05) is 0 Å². The largest absolute Gasteiger partial charge is 0.505 e. The summed E-state index contributed by atoms with van der Waals surface area (Å²) in [4.78, 5) is 4.24. The van der Waals surface area contributed by atoms with Gasteiger partial charge in [0.25, 0.3) is 0 Å². The number of para-hydroxylation sites is 2. The third-order valence-corrected chi connectivity index (χ3v) is 2.45. The summed E-state index contributed by atoms with van der Waals surface area (Å²) in [5, 5.41) is 0. The highest BCUT2D eigenvalue weighted by atomic mass is 28.4. The van der Waals surface area contributed by atoms with Gasteiger partial charge in [-0.25, -0.2) is 0 Å². The van der Waals surface area contributed by atoms with Gasteiger partial charge in [-0.05, 0) is 31.8 Å². The van der Waals surface area contributed by atoms with E-state index in [-0.39, 0.29) is 0 Å². The van der Waals surface area contributed by atoms with Crippen LogP contribution in [0.15, 0.2) is 28.7 Å². The maximum Gasteiger partial charge on any atom is 0.380 e. The van der Waals surface area contributed by atoms with Crippen LogP contribution in [0.4, 0.5) is 0 Å². The zero-order chi connectivity index (χ0) is 10.2. The number of fused-ring (bicyclic) bond motifs is 1. The molecule has 0 spiro atoms. The van der Waals surface area contributed by atoms with Gasteiger partial charge in [0.15, 0.2) is 5.58 Å². The molecule has 0 amide bonds. The molecule has 1 heterocycles. The molecule has 4 heteroatoms. The van der Waals surface area contributed by atoms with E-state index in [1.165, 1.54) is 0 Å². The van der Waals surface area contributed by atoms with Crippen molar-refractivity contribution in [1.29, 1.82) is 0 Å². The number of aromatic nitrogens is 1. The lowest BCUT2D eigenvalue weighted by Crippen LogP contribution is -2.29. The van der Waals surface area contributed by atoms with Gasteiger partial charge in [-0.2, -0.15) is 4.98 Å². The molecule has 1 aromatic heterocycles. The van der Waals surface area contributed by atoms with E-state index in [9.17, 15) is 0 Å². The van der Waals surface area contributed by atoms with Crippen LogP contribution in [0.5, 0.6) is 6.08 Å². The maximum absolute atomic E-state index is 5.65. The van der Waals surface area contributed by atoms with Crippen LogP contribution < -0.4 is 4.43 Å². The SMILES string of the molecule is C[Si](C)(C)Oc1nc2ccccc2o1. The topological polar surface area (TPSA) is 35.3 Å². The molecule has 2 rings (SSSR count). The normalized spacial score (nSPS) is 11.9. The predicted octanol–water partition coefficient (Wildman–Crippen LogP) is 3.04. The Morgan fingerprint density at radius 3 is 2.57 bits per heavy atom. The van der Waals surface area contributed by atoms with Gasteiger partial charge in [0.1, 0.15) is 5.52 Å². The van der Waals surface area contributed by atoms with Crippen LogP contribution in [-0.2, 0) is 0 Å². The van der Waals surface area contributed by atoms with Crippen LogP contribution in [0, 0.1) is 0 Å². The molecule has 0 aliphatic rings. The molecule has 0 N–H and O–H groups in total. The first-order valence-electron chi connectivity index (χ1n) is 4.59. The Hall–Kier alpha value is -1.29. The van der Waals surface area contributed by atoms with E-state index in [0.717, 1.165) is 11.1 Å². The number of nitrogens with zero attached hydrogens (tertiary/aromatic N) is 1. The molecule has 0 atom stereocenters. The highest BCUT2D eigenvalue weighted by Crippen LogP contribution is 2.21. The fraction of sp³-hybridized carbons (Fsp3) is 0.300. The zero-order valence-electron chi connectivity index (χ0n) is 8.57. The van der Waals surface area contributed by atoms with Crippen LogP contribution in [0.25, 0.3) is 11.1 Å². The number of rotatable bonds is 2. The number of hydrogen-bond donors (Lipinski definition) is 0. The van der Waals surface area contributed by atoms with Gasteiger partial charge >= 0.3 is 6.08 Å². The van der Waals surface area contributed by atoms with Gasteiger partial charge in [-0.1, -0.05) is 12.1 Å². The Balaban J connectivity index is 2.36. The molecule has 0 unspecified atom stereocenters. The lowest BCUT2D eigenvalue weighted by Gasteiger charge is -2.14. The molecule has 0 radical (unpaired) electrons. The van der Waals surface area contributed by atoms with E-state index in [1.807, 2.05) is 24.3 Å². The van der Waals surface area contributed by atoms with Crippen molar-refractivity contribution in [2.75, 3.05) is 0 Å². The number of oxazole rings is 1. The quantitative estimate of drug-likeness (QED) is 0.710. The van der Waals surface area contributed by atoms with Crippen molar-refractivity contribution < 1.29 is 8.84 Å². The first kappa shape index (κ1) is 9.27. The molecule has 0 aliphatic carbocycles. The summed E-state index contributed by atoms with van der Waals surface area (Å²) in [7, 11) is -1.62. The molecule has 3 nitrogen and oxygen atoms in total. The smallest absolute Gasteiger partial charge is 0.380 e. The van der Waals surface area contributed by atoms with Crippen LogP contribution in [0.1, 0.15) is 0 Å².